The van der Waals surface area contributed by atoms with Crippen LogP contribution in [0.1, 0.15) is 0 Å². The highest BCUT2D eigenvalue weighted by Gasteiger charge is 2.06. The number of hydrogen-bond acceptors (Lipinski definition) is 3. The van der Waals surface area contributed by atoms with E-state index in [-0.39, 0.29) is 0 Å². The van der Waals surface area contributed by atoms with Crippen molar-refractivity contribution in [2.24, 2.45) is 0 Å². The molecular formula is C17H10BrN3. The van der Waals surface area contributed by atoms with E-state index in [9.17, 15) is 0 Å². The maximum absolute atomic E-state index is 4.76. The van der Waals surface area contributed by atoms with Crippen LogP contribution in [0.3, 0.4) is 0 Å². The van der Waals surface area contributed by atoms with Gasteiger partial charge in [0.1, 0.15) is 0 Å². The first-order valence-electron chi connectivity index (χ1n) is 6.58. The van der Waals surface area contributed by atoms with Gasteiger partial charge >= 0.3 is 0 Å². The minimum atomic E-state index is 0.855. The van der Waals surface area contributed by atoms with Gasteiger partial charge in [-0.25, -0.2) is 4.98 Å². The molecule has 0 atom stereocenters. The fraction of sp³-hybridized carbons (Fsp3) is 0. The molecule has 4 heteroatoms. The summed E-state index contributed by atoms with van der Waals surface area (Å²) in [6.45, 7) is 0. The Balaban J connectivity index is 2.00. The Kier molecular flexibility index (Phi) is 2.89. The van der Waals surface area contributed by atoms with E-state index in [1.54, 1.807) is 12.4 Å². The Morgan fingerprint density at radius 2 is 1.48 bits per heavy atom. The lowest BCUT2D eigenvalue weighted by atomic mass is 10.1. The van der Waals surface area contributed by atoms with Gasteiger partial charge in [-0.2, -0.15) is 0 Å². The predicted octanol–water partition coefficient (Wildman–Crippen LogP) is 4.61. The Hall–Kier alpha value is -2.33. The maximum atomic E-state index is 4.76. The van der Waals surface area contributed by atoms with Gasteiger partial charge in [-0.3, -0.25) is 9.97 Å². The van der Waals surface area contributed by atoms with Crippen LogP contribution in [0.4, 0.5) is 0 Å². The minimum Gasteiger partial charge on any atom is -0.254 e. The van der Waals surface area contributed by atoms with Crippen molar-refractivity contribution < 1.29 is 0 Å². The fourth-order valence-electron chi connectivity index (χ4n) is 2.39. The van der Waals surface area contributed by atoms with Crippen LogP contribution in [0.5, 0.6) is 0 Å². The van der Waals surface area contributed by atoms with Crippen LogP contribution >= 0.6 is 15.9 Å². The zero-order valence-electron chi connectivity index (χ0n) is 11.0. The van der Waals surface area contributed by atoms with E-state index in [0.29, 0.717) is 0 Å². The van der Waals surface area contributed by atoms with E-state index in [4.69, 9.17) is 4.98 Å². The highest BCUT2D eigenvalue weighted by Crippen LogP contribution is 2.25. The number of rotatable bonds is 1. The highest BCUT2D eigenvalue weighted by atomic mass is 79.9. The normalized spacial score (nSPS) is 11.1. The molecule has 0 aliphatic rings. The van der Waals surface area contributed by atoms with Crippen molar-refractivity contribution >= 4 is 37.7 Å². The summed E-state index contributed by atoms with van der Waals surface area (Å²) in [6, 6.07) is 16.1. The topological polar surface area (TPSA) is 38.7 Å². The van der Waals surface area contributed by atoms with Gasteiger partial charge in [-0.05, 0) is 40.2 Å². The second kappa shape index (κ2) is 4.90. The molecule has 0 radical (unpaired) electrons. The largest absolute Gasteiger partial charge is 0.254 e. The van der Waals surface area contributed by atoms with Crippen molar-refractivity contribution in [2.75, 3.05) is 0 Å². The molecule has 0 fully saturated rings. The van der Waals surface area contributed by atoms with Gasteiger partial charge in [0.15, 0.2) is 0 Å². The lowest BCUT2D eigenvalue weighted by Gasteiger charge is -2.05. The zero-order chi connectivity index (χ0) is 14.2. The molecule has 4 aromatic rings. The van der Waals surface area contributed by atoms with Crippen LogP contribution in [0.15, 0.2) is 65.4 Å². The number of benzene rings is 1. The van der Waals surface area contributed by atoms with Crippen molar-refractivity contribution in [3.05, 3.63) is 65.4 Å². The first-order valence-corrected chi connectivity index (χ1v) is 7.37. The van der Waals surface area contributed by atoms with Crippen molar-refractivity contribution in [3.8, 4) is 11.4 Å². The van der Waals surface area contributed by atoms with Gasteiger partial charge in [0, 0.05) is 27.6 Å². The molecule has 0 aliphatic carbocycles. The monoisotopic (exact) mass is 335 g/mol. The standard InChI is InChI=1S/C17H10BrN3/c18-13-6-8-14(20-10-13)15-7-5-12-4-3-11-2-1-9-19-16(11)17(12)21-15/h1-10H. The Labute approximate surface area is 129 Å². The van der Waals surface area contributed by atoms with E-state index in [1.165, 1.54) is 0 Å². The lowest BCUT2D eigenvalue weighted by Crippen LogP contribution is -1.90. The molecule has 0 saturated heterocycles. The SMILES string of the molecule is Brc1ccc(-c2ccc3ccc4cccnc4c3n2)nc1. The van der Waals surface area contributed by atoms with E-state index >= 15 is 0 Å². The fourth-order valence-corrected chi connectivity index (χ4v) is 2.63. The smallest absolute Gasteiger partial charge is 0.0972 e. The molecule has 1 aromatic carbocycles. The van der Waals surface area contributed by atoms with E-state index in [1.807, 2.05) is 30.3 Å². The predicted molar refractivity (Wildman–Crippen MR) is 88.0 cm³/mol. The van der Waals surface area contributed by atoms with Gasteiger partial charge in [0.05, 0.1) is 22.4 Å². The van der Waals surface area contributed by atoms with Gasteiger partial charge in [-0.1, -0.05) is 24.3 Å². The molecule has 0 spiro atoms. The molecule has 3 nitrogen and oxygen atoms in total. The minimum absolute atomic E-state index is 0.855. The Morgan fingerprint density at radius 1 is 0.714 bits per heavy atom. The first-order chi connectivity index (χ1) is 10.3. The van der Waals surface area contributed by atoms with Crippen LogP contribution in [0.2, 0.25) is 0 Å². The zero-order valence-corrected chi connectivity index (χ0v) is 12.6. The second-order valence-electron chi connectivity index (χ2n) is 4.77. The summed E-state index contributed by atoms with van der Waals surface area (Å²) in [5, 5.41) is 2.18. The van der Waals surface area contributed by atoms with Crippen LogP contribution in [-0.2, 0) is 0 Å². The lowest BCUT2D eigenvalue weighted by molar-refractivity contribution is 1.26. The van der Waals surface area contributed by atoms with Crippen molar-refractivity contribution in [2.45, 2.75) is 0 Å². The van der Waals surface area contributed by atoms with Crippen molar-refractivity contribution in [1.82, 2.24) is 15.0 Å². The molecule has 0 N–H and O–H groups in total. The van der Waals surface area contributed by atoms with E-state index in [2.05, 4.69) is 44.1 Å². The molecule has 0 unspecified atom stereocenters. The molecule has 21 heavy (non-hydrogen) atoms. The number of halogens is 1. The molecule has 0 bridgehead atoms. The quantitative estimate of drug-likeness (QED) is 0.477. The molecule has 100 valence electrons. The summed E-state index contributed by atoms with van der Waals surface area (Å²) >= 11 is 3.40. The van der Waals surface area contributed by atoms with Crippen molar-refractivity contribution in [1.29, 1.82) is 0 Å². The third-order valence-electron chi connectivity index (χ3n) is 3.42. The van der Waals surface area contributed by atoms with Gasteiger partial charge in [0.25, 0.3) is 0 Å². The van der Waals surface area contributed by atoms with Crippen molar-refractivity contribution in [3.63, 3.8) is 0 Å². The summed E-state index contributed by atoms with van der Waals surface area (Å²) in [7, 11) is 0. The highest BCUT2D eigenvalue weighted by molar-refractivity contribution is 9.10. The Bertz CT molecular complexity index is 949. The average Bonchev–Trinajstić information content (AvgIpc) is 2.55. The molecule has 0 saturated carbocycles. The number of fused-ring (bicyclic) bond motifs is 3. The number of aromatic nitrogens is 3. The summed E-state index contributed by atoms with van der Waals surface area (Å²) < 4.78 is 0.958. The molecule has 0 amide bonds. The number of hydrogen-bond donors (Lipinski definition) is 0. The number of nitrogens with zero attached hydrogens (tertiary/aromatic N) is 3. The molecule has 3 aromatic heterocycles. The summed E-state index contributed by atoms with van der Waals surface area (Å²) in [5.74, 6) is 0. The van der Waals surface area contributed by atoms with E-state index in [0.717, 1.165) is 37.7 Å². The molecule has 0 aliphatic heterocycles. The van der Waals surface area contributed by atoms with Gasteiger partial charge in [0.2, 0.25) is 0 Å². The first kappa shape index (κ1) is 12.4. The summed E-state index contributed by atoms with van der Waals surface area (Å²) in [6.07, 6.45) is 3.58. The summed E-state index contributed by atoms with van der Waals surface area (Å²) in [4.78, 5) is 13.6. The van der Waals surface area contributed by atoms with Crippen LogP contribution in [0.25, 0.3) is 33.2 Å². The summed E-state index contributed by atoms with van der Waals surface area (Å²) in [5.41, 5.74) is 3.55. The van der Waals surface area contributed by atoms with Gasteiger partial charge < -0.3 is 0 Å². The average molecular weight is 336 g/mol. The third-order valence-corrected chi connectivity index (χ3v) is 3.89. The Morgan fingerprint density at radius 3 is 2.29 bits per heavy atom. The van der Waals surface area contributed by atoms with Crippen LogP contribution < -0.4 is 0 Å². The molecule has 4 rings (SSSR count). The molecular weight excluding hydrogens is 326 g/mol. The van der Waals surface area contributed by atoms with E-state index < -0.39 is 0 Å². The second-order valence-corrected chi connectivity index (χ2v) is 5.69. The van der Waals surface area contributed by atoms with Crippen LogP contribution in [0, 0.1) is 0 Å². The third kappa shape index (κ3) is 2.17. The maximum Gasteiger partial charge on any atom is 0.0972 e. The number of pyridine rings is 3. The van der Waals surface area contributed by atoms with Gasteiger partial charge in [-0.15, -0.1) is 0 Å². The van der Waals surface area contributed by atoms with Crippen LogP contribution in [-0.4, -0.2) is 15.0 Å². The molecule has 3 heterocycles.